The zero-order chi connectivity index (χ0) is 13.1. The van der Waals surface area contributed by atoms with Gasteiger partial charge in [-0.05, 0) is 35.1 Å². The van der Waals surface area contributed by atoms with Crippen molar-refractivity contribution < 1.29 is 5.11 Å². The molecule has 3 rings (SSSR count). The molecule has 0 bridgehead atoms. The smallest absolute Gasteiger partial charge is 0.0796 e. The fourth-order valence-electron chi connectivity index (χ4n) is 3.39. The van der Waals surface area contributed by atoms with E-state index in [0.717, 1.165) is 17.9 Å². The molecule has 1 aliphatic rings. The Kier molecular flexibility index (Phi) is 3.84. The molecule has 19 heavy (non-hydrogen) atoms. The van der Waals surface area contributed by atoms with Gasteiger partial charge in [-0.15, -0.1) is 0 Å². The van der Waals surface area contributed by atoms with Crippen LogP contribution in [0.15, 0.2) is 42.5 Å². The minimum Gasteiger partial charge on any atom is -0.388 e. The fraction of sp³-hybridized carbons (Fsp3) is 0.444. The van der Waals surface area contributed by atoms with Gasteiger partial charge in [-0.1, -0.05) is 68.1 Å². The Morgan fingerprint density at radius 2 is 1.74 bits per heavy atom. The minimum atomic E-state index is -0.313. The molecule has 0 heterocycles. The summed E-state index contributed by atoms with van der Waals surface area (Å²) >= 11 is 0. The van der Waals surface area contributed by atoms with Gasteiger partial charge in [0.15, 0.2) is 0 Å². The van der Waals surface area contributed by atoms with Crippen LogP contribution in [0.1, 0.15) is 50.2 Å². The molecule has 1 heteroatoms. The molecule has 0 amide bonds. The highest BCUT2D eigenvalue weighted by Gasteiger charge is 2.18. The first-order chi connectivity index (χ1) is 9.34. The van der Waals surface area contributed by atoms with Crippen molar-refractivity contribution in [1.29, 1.82) is 0 Å². The fourth-order valence-corrected chi connectivity index (χ4v) is 3.39. The van der Waals surface area contributed by atoms with E-state index < -0.39 is 0 Å². The molecule has 0 aliphatic heterocycles. The van der Waals surface area contributed by atoms with Crippen LogP contribution < -0.4 is 0 Å². The molecule has 1 nitrogen and oxygen atoms in total. The number of fused-ring (bicyclic) bond motifs is 1. The molecule has 1 N–H and O–H groups in total. The molecule has 0 radical (unpaired) electrons. The van der Waals surface area contributed by atoms with E-state index in [-0.39, 0.29) is 6.10 Å². The van der Waals surface area contributed by atoms with Crippen LogP contribution in [0.5, 0.6) is 0 Å². The first-order valence-corrected chi connectivity index (χ1v) is 7.50. The highest BCUT2D eigenvalue weighted by molar-refractivity contribution is 5.85. The zero-order valence-corrected chi connectivity index (χ0v) is 11.4. The maximum Gasteiger partial charge on any atom is 0.0796 e. The average molecular weight is 254 g/mol. The molecule has 0 aromatic heterocycles. The molecular weight excluding hydrogens is 232 g/mol. The van der Waals surface area contributed by atoms with Gasteiger partial charge in [0.1, 0.15) is 0 Å². The molecule has 1 fully saturated rings. The lowest BCUT2D eigenvalue weighted by Gasteiger charge is -2.16. The number of hydrogen-bond donors (Lipinski definition) is 1. The number of aliphatic hydroxyl groups excluding tert-OH is 1. The summed E-state index contributed by atoms with van der Waals surface area (Å²) in [5, 5.41) is 12.9. The maximum atomic E-state index is 10.5. The van der Waals surface area contributed by atoms with Gasteiger partial charge in [-0.25, -0.2) is 0 Å². The number of hydrogen-bond acceptors (Lipinski definition) is 1. The Balaban J connectivity index is 1.75. The normalized spacial score (nSPS) is 17.9. The summed E-state index contributed by atoms with van der Waals surface area (Å²) in [7, 11) is 0. The van der Waals surface area contributed by atoms with Gasteiger partial charge in [-0.3, -0.25) is 0 Å². The Morgan fingerprint density at radius 1 is 1.00 bits per heavy atom. The summed E-state index contributed by atoms with van der Waals surface area (Å²) in [6, 6.07) is 14.6. The number of rotatable bonds is 4. The maximum absolute atomic E-state index is 10.5. The van der Waals surface area contributed by atoms with Crippen molar-refractivity contribution >= 4 is 10.8 Å². The quantitative estimate of drug-likeness (QED) is 0.827. The second-order valence-electron chi connectivity index (χ2n) is 5.81. The van der Waals surface area contributed by atoms with Crippen LogP contribution >= 0.6 is 0 Å². The van der Waals surface area contributed by atoms with Gasteiger partial charge in [0.25, 0.3) is 0 Å². The van der Waals surface area contributed by atoms with Crippen LogP contribution in [0.2, 0.25) is 0 Å². The highest BCUT2D eigenvalue weighted by Crippen LogP contribution is 2.33. The molecule has 1 unspecified atom stereocenters. The van der Waals surface area contributed by atoms with E-state index in [1.165, 1.54) is 42.9 Å². The van der Waals surface area contributed by atoms with Gasteiger partial charge >= 0.3 is 0 Å². The molecule has 2 aromatic rings. The molecule has 0 saturated heterocycles. The molecule has 1 aliphatic carbocycles. The van der Waals surface area contributed by atoms with E-state index in [9.17, 15) is 5.11 Å². The van der Waals surface area contributed by atoms with E-state index in [0.29, 0.717) is 0 Å². The van der Waals surface area contributed by atoms with Crippen molar-refractivity contribution in [1.82, 2.24) is 0 Å². The lowest BCUT2D eigenvalue weighted by Crippen LogP contribution is -2.02. The van der Waals surface area contributed by atoms with Gasteiger partial charge in [-0.2, -0.15) is 0 Å². The predicted octanol–water partition coefficient (Wildman–Crippen LogP) is 4.84. The van der Waals surface area contributed by atoms with E-state index in [1.54, 1.807) is 0 Å². The van der Waals surface area contributed by atoms with Crippen LogP contribution in [0.4, 0.5) is 0 Å². The summed E-state index contributed by atoms with van der Waals surface area (Å²) in [5.74, 6) is 0.852. The molecule has 100 valence electrons. The van der Waals surface area contributed by atoms with Crippen molar-refractivity contribution in [2.24, 2.45) is 5.92 Å². The molecule has 0 spiro atoms. The Morgan fingerprint density at radius 3 is 2.58 bits per heavy atom. The molecule has 1 saturated carbocycles. The zero-order valence-electron chi connectivity index (χ0n) is 11.4. The van der Waals surface area contributed by atoms with Crippen LogP contribution in [0, 0.1) is 5.92 Å². The summed E-state index contributed by atoms with van der Waals surface area (Å²) in [5.41, 5.74) is 1.09. The first-order valence-electron chi connectivity index (χ1n) is 7.50. The SMILES string of the molecule is OC(CCC1CCCC1)c1cccc2ccccc12. The Labute approximate surface area is 115 Å². The van der Waals surface area contributed by atoms with E-state index in [4.69, 9.17) is 0 Å². The van der Waals surface area contributed by atoms with Gasteiger partial charge in [0, 0.05) is 0 Å². The third-order valence-corrected chi connectivity index (χ3v) is 4.51. The number of aliphatic hydroxyl groups is 1. The second-order valence-corrected chi connectivity index (χ2v) is 5.81. The van der Waals surface area contributed by atoms with Crippen LogP contribution in [-0.4, -0.2) is 5.11 Å². The van der Waals surface area contributed by atoms with E-state index in [1.807, 2.05) is 0 Å². The third-order valence-electron chi connectivity index (χ3n) is 4.51. The van der Waals surface area contributed by atoms with Crippen molar-refractivity contribution in [3.8, 4) is 0 Å². The molecular formula is C18H22O. The summed E-state index contributed by atoms with van der Waals surface area (Å²) in [6.07, 6.45) is 7.25. The van der Waals surface area contributed by atoms with Gasteiger partial charge in [0.2, 0.25) is 0 Å². The topological polar surface area (TPSA) is 20.2 Å². The summed E-state index contributed by atoms with van der Waals surface area (Å²) in [6.45, 7) is 0. The van der Waals surface area contributed by atoms with Crippen LogP contribution in [-0.2, 0) is 0 Å². The van der Waals surface area contributed by atoms with Crippen molar-refractivity contribution in [2.75, 3.05) is 0 Å². The monoisotopic (exact) mass is 254 g/mol. The predicted molar refractivity (Wildman–Crippen MR) is 80.1 cm³/mol. The second kappa shape index (κ2) is 5.75. The third kappa shape index (κ3) is 2.82. The van der Waals surface area contributed by atoms with Crippen molar-refractivity contribution in [3.63, 3.8) is 0 Å². The summed E-state index contributed by atoms with van der Waals surface area (Å²) in [4.78, 5) is 0. The van der Waals surface area contributed by atoms with E-state index >= 15 is 0 Å². The van der Waals surface area contributed by atoms with Gasteiger partial charge < -0.3 is 5.11 Å². The number of benzene rings is 2. The van der Waals surface area contributed by atoms with Crippen LogP contribution in [0.25, 0.3) is 10.8 Å². The van der Waals surface area contributed by atoms with Crippen LogP contribution in [0.3, 0.4) is 0 Å². The molecule has 1 atom stereocenters. The summed E-state index contributed by atoms with van der Waals surface area (Å²) < 4.78 is 0. The minimum absolute atomic E-state index is 0.313. The average Bonchev–Trinajstić information content (AvgIpc) is 2.97. The highest BCUT2D eigenvalue weighted by atomic mass is 16.3. The van der Waals surface area contributed by atoms with Gasteiger partial charge in [0.05, 0.1) is 6.10 Å². The van der Waals surface area contributed by atoms with Crippen molar-refractivity contribution in [3.05, 3.63) is 48.0 Å². The lowest BCUT2D eigenvalue weighted by atomic mass is 9.94. The Hall–Kier alpha value is -1.34. The van der Waals surface area contributed by atoms with E-state index in [2.05, 4.69) is 42.5 Å². The largest absolute Gasteiger partial charge is 0.388 e. The standard InChI is InChI=1S/C18H22O/c19-18(13-12-14-6-1-2-7-14)17-11-5-9-15-8-3-4-10-16(15)17/h3-5,8-11,14,18-19H,1-2,6-7,12-13H2. The lowest BCUT2D eigenvalue weighted by molar-refractivity contribution is 0.158. The van der Waals surface area contributed by atoms with Crippen molar-refractivity contribution in [2.45, 2.75) is 44.6 Å². The first kappa shape index (κ1) is 12.7. The Bertz CT molecular complexity index is 535. The molecule has 2 aromatic carbocycles.